The quantitative estimate of drug-likeness (QED) is 0.602. The Balaban J connectivity index is 2.90. The Morgan fingerprint density at radius 3 is 2.79 bits per heavy atom. The molecule has 2 N–H and O–H groups in total. The number of hydrogen-bond donors (Lipinski definition) is 2. The van der Waals surface area contributed by atoms with Crippen LogP contribution in [0, 0.1) is 11.5 Å². The first kappa shape index (κ1) is 11.2. The van der Waals surface area contributed by atoms with Crippen LogP contribution in [0.2, 0.25) is 0 Å². The topological polar surface area (TPSA) is 73.1 Å². The Bertz CT molecular complexity index is 387. The van der Waals surface area contributed by atoms with E-state index in [0.29, 0.717) is 9.77 Å². The van der Waals surface area contributed by atoms with Gasteiger partial charge in [0.25, 0.3) is 0 Å². The van der Waals surface area contributed by atoms with Crippen LogP contribution in [-0.2, 0) is 16.6 Å². The molecule has 0 aliphatic rings. The summed E-state index contributed by atoms with van der Waals surface area (Å²) in [4.78, 5) is 0. The van der Waals surface area contributed by atoms with Gasteiger partial charge in [0.15, 0.2) is 17.2 Å². The Kier molecular flexibility index (Phi) is 3.26. The summed E-state index contributed by atoms with van der Waals surface area (Å²) in [5, 5.41) is 19.6. The number of rotatable bonds is 3. The number of nitriles is 1. The normalized spacial score (nSPS) is 13.3. The van der Waals surface area contributed by atoms with Crippen molar-refractivity contribution >= 4 is 22.3 Å². The van der Waals surface area contributed by atoms with Crippen molar-refractivity contribution in [3.8, 4) is 6.19 Å². The minimum Gasteiger partial charge on any atom is -0.386 e. The molecule has 1 aromatic heterocycles. The van der Waals surface area contributed by atoms with Gasteiger partial charge in [-0.1, -0.05) is 0 Å². The fraction of sp³-hybridized carbons (Fsp3) is 0.375. The maximum Gasteiger partial charge on any atom is 0.189 e. The Labute approximate surface area is 88.8 Å². The summed E-state index contributed by atoms with van der Waals surface area (Å²) >= 11 is 1.25. The molecular formula is C8H10N2O2S2. The van der Waals surface area contributed by atoms with Gasteiger partial charge in [0.1, 0.15) is 4.21 Å². The fourth-order valence-electron chi connectivity index (χ4n) is 0.826. The van der Waals surface area contributed by atoms with Gasteiger partial charge in [0.2, 0.25) is 0 Å². The second-order valence-corrected chi connectivity index (χ2v) is 5.55. The van der Waals surface area contributed by atoms with Gasteiger partial charge in [-0.05, 0) is 30.9 Å². The lowest BCUT2D eigenvalue weighted by Gasteiger charge is -2.14. The molecule has 0 aliphatic carbocycles. The van der Waals surface area contributed by atoms with Crippen molar-refractivity contribution in [2.24, 2.45) is 0 Å². The summed E-state index contributed by atoms with van der Waals surface area (Å²) in [5.74, 6) is 0. The number of hydrogen-bond acceptors (Lipinski definition) is 4. The molecule has 0 aliphatic heterocycles. The molecule has 0 saturated carbocycles. The van der Waals surface area contributed by atoms with Gasteiger partial charge in [0.05, 0.1) is 5.60 Å². The maximum atomic E-state index is 11.3. The van der Waals surface area contributed by atoms with Crippen molar-refractivity contribution in [2.75, 3.05) is 0 Å². The summed E-state index contributed by atoms with van der Waals surface area (Å²) in [6.45, 7) is 3.30. The lowest BCUT2D eigenvalue weighted by atomic mass is 10.0. The van der Waals surface area contributed by atoms with Gasteiger partial charge < -0.3 is 5.11 Å². The van der Waals surface area contributed by atoms with E-state index in [2.05, 4.69) is 4.72 Å². The third-order valence-corrected chi connectivity index (χ3v) is 3.83. The number of thiophene rings is 1. The van der Waals surface area contributed by atoms with E-state index in [1.165, 1.54) is 11.3 Å². The predicted molar refractivity (Wildman–Crippen MR) is 54.7 cm³/mol. The molecule has 1 aromatic rings. The van der Waals surface area contributed by atoms with Gasteiger partial charge in [0, 0.05) is 0 Å². The van der Waals surface area contributed by atoms with Crippen molar-refractivity contribution in [3.63, 3.8) is 0 Å². The first-order valence-corrected chi connectivity index (χ1v) is 5.86. The van der Waals surface area contributed by atoms with E-state index >= 15 is 0 Å². The highest BCUT2D eigenvalue weighted by atomic mass is 32.2. The molecule has 1 rings (SSSR count). The standard InChI is InChI=1S/C8H10N2O2S2/c1-8(2,11)6-3-7(13-4-6)14(12)10-5-9/h3-4,10-11H,1-2H3. The van der Waals surface area contributed by atoms with E-state index in [9.17, 15) is 9.32 Å². The van der Waals surface area contributed by atoms with Crippen LogP contribution in [0.4, 0.5) is 0 Å². The van der Waals surface area contributed by atoms with E-state index in [1.807, 2.05) is 0 Å². The van der Waals surface area contributed by atoms with Crippen molar-refractivity contribution < 1.29 is 9.32 Å². The van der Waals surface area contributed by atoms with E-state index in [0.717, 1.165) is 0 Å². The SMILES string of the molecule is CC(C)(O)c1csc(S(=O)NC#N)c1. The molecule has 1 unspecified atom stereocenters. The zero-order chi connectivity index (χ0) is 10.8. The highest BCUT2D eigenvalue weighted by molar-refractivity contribution is 7.85. The van der Waals surface area contributed by atoms with Gasteiger partial charge in [-0.2, -0.15) is 5.26 Å². The van der Waals surface area contributed by atoms with Crippen LogP contribution >= 0.6 is 11.3 Å². The molecule has 0 radical (unpaired) electrons. The van der Waals surface area contributed by atoms with Crippen LogP contribution in [0.5, 0.6) is 0 Å². The van der Waals surface area contributed by atoms with Crippen molar-refractivity contribution in [3.05, 3.63) is 17.0 Å². The Hall–Kier alpha value is -0.900. The molecular weight excluding hydrogens is 220 g/mol. The summed E-state index contributed by atoms with van der Waals surface area (Å²) in [6.07, 6.45) is 1.61. The smallest absolute Gasteiger partial charge is 0.189 e. The molecule has 1 heterocycles. The van der Waals surface area contributed by atoms with Gasteiger partial charge in [-0.15, -0.1) is 11.3 Å². The third-order valence-electron chi connectivity index (χ3n) is 1.60. The molecule has 4 nitrogen and oxygen atoms in total. The highest BCUT2D eigenvalue weighted by Crippen LogP contribution is 2.26. The second kappa shape index (κ2) is 4.09. The van der Waals surface area contributed by atoms with Crippen LogP contribution in [-0.4, -0.2) is 9.32 Å². The summed E-state index contributed by atoms with van der Waals surface area (Å²) in [6, 6.07) is 1.63. The predicted octanol–water partition coefficient (Wildman–Crippen LogP) is 1.07. The summed E-state index contributed by atoms with van der Waals surface area (Å²) < 4.78 is 14.0. The molecule has 0 fully saturated rings. The van der Waals surface area contributed by atoms with Crippen LogP contribution in [0.3, 0.4) is 0 Å². The van der Waals surface area contributed by atoms with Crippen LogP contribution < -0.4 is 4.72 Å². The largest absolute Gasteiger partial charge is 0.386 e. The number of aliphatic hydroxyl groups is 1. The first-order valence-electron chi connectivity index (χ1n) is 3.83. The molecule has 0 bridgehead atoms. The van der Waals surface area contributed by atoms with Crippen LogP contribution in [0.1, 0.15) is 19.4 Å². The molecule has 0 amide bonds. The average molecular weight is 230 g/mol. The Morgan fingerprint density at radius 2 is 2.36 bits per heavy atom. The molecule has 6 heteroatoms. The van der Waals surface area contributed by atoms with Gasteiger partial charge in [-0.25, -0.2) is 8.93 Å². The third kappa shape index (κ3) is 2.54. The highest BCUT2D eigenvalue weighted by Gasteiger charge is 2.19. The van der Waals surface area contributed by atoms with E-state index in [-0.39, 0.29) is 0 Å². The zero-order valence-electron chi connectivity index (χ0n) is 7.77. The van der Waals surface area contributed by atoms with E-state index in [1.54, 1.807) is 31.5 Å². The summed E-state index contributed by atoms with van der Waals surface area (Å²) in [5.41, 5.74) is -0.239. The van der Waals surface area contributed by atoms with Crippen LogP contribution in [0.25, 0.3) is 0 Å². The van der Waals surface area contributed by atoms with Crippen molar-refractivity contribution in [2.45, 2.75) is 23.7 Å². The summed E-state index contributed by atoms with van der Waals surface area (Å²) in [7, 11) is -1.50. The van der Waals surface area contributed by atoms with Gasteiger partial charge >= 0.3 is 0 Å². The minimum atomic E-state index is -1.50. The number of nitrogens with zero attached hydrogens (tertiary/aromatic N) is 1. The lowest BCUT2D eigenvalue weighted by Crippen LogP contribution is -2.14. The molecule has 76 valence electrons. The van der Waals surface area contributed by atoms with Crippen molar-refractivity contribution in [1.29, 1.82) is 5.26 Å². The van der Waals surface area contributed by atoms with Crippen molar-refractivity contribution in [1.82, 2.24) is 4.72 Å². The van der Waals surface area contributed by atoms with Gasteiger partial charge in [-0.3, -0.25) is 0 Å². The maximum absolute atomic E-state index is 11.3. The number of nitrogens with one attached hydrogen (secondary N) is 1. The second-order valence-electron chi connectivity index (χ2n) is 3.20. The van der Waals surface area contributed by atoms with E-state index < -0.39 is 16.6 Å². The Morgan fingerprint density at radius 1 is 1.71 bits per heavy atom. The first-order chi connectivity index (χ1) is 6.45. The molecule has 14 heavy (non-hydrogen) atoms. The molecule has 0 aromatic carbocycles. The minimum absolute atomic E-state index is 0.531. The molecule has 0 spiro atoms. The monoisotopic (exact) mass is 230 g/mol. The zero-order valence-corrected chi connectivity index (χ0v) is 9.41. The lowest BCUT2D eigenvalue weighted by molar-refractivity contribution is 0.0789. The molecule has 1 atom stereocenters. The average Bonchev–Trinajstić information content (AvgIpc) is 2.51. The van der Waals surface area contributed by atoms with Crippen LogP contribution in [0.15, 0.2) is 15.7 Å². The fourth-order valence-corrected chi connectivity index (χ4v) is 2.66. The van der Waals surface area contributed by atoms with E-state index in [4.69, 9.17) is 5.26 Å². The molecule has 0 saturated heterocycles.